The Morgan fingerprint density at radius 3 is 2.77 bits per heavy atom. The number of methoxy groups -OCH3 is 1. The molecule has 1 aromatic heterocycles. The molecule has 0 aliphatic carbocycles. The number of esters is 1. The minimum Gasteiger partial charge on any atom is -0.465 e. The molecule has 1 aromatic carbocycles. The van der Waals surface area contributed by atoms with Crippen molar-refractivity contribution >= 4 is 34.0 Å². The average Bonchev–Trinajstić information content (AvgIpc) is 3.03. The van der Waals surface area contributed by atoms with Crippen LogP contribution in [-0.2, 0) is 11.3 Å². The van der Waals surface area contributed by atoms with E-state index in [4.69, 9.17) is 21.6 Å². The second-order valence-electron chi connectivity index (χ2n) is 6.19. The van der Waals surface area contributed by atoms with Crippen molar-refractivity contribution in [3.05, 3.63) is 45.4 Å². The van der Waals surface area contributed by atoms with Crippen LogP contribution in [0.3, 0.4) is 0 Å². The van der Waals surface area contributed by atoms with Crippen LogP contribution in [0, 0.1) is 11.3 Å². The first-order valence-corrected chi connectivity index (χ1v) is 9.44. The molecule has 0 spiro atoms. The molecule has 6 nitrogen and oxygen atoms in total. The molecule has 0 saturated carbocycles. The van der Waals surface area contributed by atoms with E-state index in [1.807, 2.05) is 24.3 Å². The van der Waals surface area contributed by atoms with Crippen LogP contribution in [0.15, 0.2) is 24.3 Å². The number of hydrogen-bond acceptors (Lipinski definition) is 7. The number of rotatable bonds is 4. The standard InChI is InChI=1S/C18H19ClN4O2S/c1-12-10-22(11-14-5-3-13(9-20)4-6-14)7-8-23(12)18-21-16(19)15(26-18)17(24)25-2/h3-6,12H,7-8,10-11H2,1-2H3. The Labute approximate surface area is 161 Å². The molecule has 2 heterocycles. The summed E-state index contributed by atoms with van der Waals surface area (Å²) in [6, 6.07) is 10.1. The first kappa shape index (κ1) is 18.6. The largest absolute Gasteiger partial charge is 0.465 e. The molecule has 1 fully saturated rings. The van der Waals surface area contributed by atoms with Gasteiger partial charge in [0.05, 0.1) is 18.7 Å². The number of ether oxygens (including phenoxy) is 1. The Hall–Kier alpha value is -2.14. The predicted octanol–water partition coefficient (Wildman–Crippen LogP) is 3.17. The van der Waals surface area contributed by atoms with E-state index in [-0.39, 0.29) is 11.2 Å². The van der Waals surface area contributed by atoms with Gasteiger partial charge in [0, 0.05) is 32.2 Å². The van der Waals surface area contributed by atoms with E-state index < -0.39 is 5.97 Å². The van der Waals surface area contributed by atoms with Crippen molar-refractivity contribution in [2.45, 2.75) is 19.5 Å². The van der Waals surface area contributed by atoms with Crippen LogP contribution in [-0.4, -0.2) is 48.6 Å². The van der Waals surface area contributed by atoms with Gasteiger partial charge in [-0.2, -0.15) is 5.26 Å². The maximum absolute atomic E-state index is 11.7. The van der Waals surface area contributed by atoms with Gasteiger partial charge in [0.2, 0.25) is 0 Å². The van der Waals surface area contributed by atoms with E-state index >= 15 is 0 Å². The lowest BCUT2D eigenvalue weighted by atomic mass is 10.1. The molecule has 26 heavy (non-hydrogen) atoms. The van der Waals surface area contributed by atoms with E-state index in [2.05, 4.69) is 27.8 Å². The molecule has 2 aromatic rings. The Bertz CT molecular complexity index is 831. The fourth-order valence-electron chi connectivity index (χ4n) is 3.04. The van der Waals surface area contributed by atoms with E-state index in [1.54, 1.807) is 0 Å². The van der Waals surface area contributed by atoms with Gasteiger partial charge in [-0.1, -0.05) is 35.1 Å². The normalized spacial score (nSPS) is 17.8. The molecular weight excluding hydrogens is 372 g/mol. The van der Waals surface area contributed by atoms with Crippen LogP contribution in [0.1, 0.15) is 27.7 Å². The molecule has 0 bridgehead atoms. The summed E-state index contributed by atoms with van der Waals surface area (Å²) >= 11 is 7.36. The fraction of sp³-hybridized carbons (Fsp3) is 0.389. The Balaban J connectivity index is 1.65. The first-order chi connectivity index (χ1) is 12.5. The summed E-state index contributed by atoms with van der Waals surface area (Å²) in [5.74, 6) is -0.453. The van der Waals surface area contributed by atoms with Crippen molar-refractivity contribution in [1.82, 2.24) is 9.88 Å². The molecule has 0 amide bonds. The third-order valence-electron chi connectivity index (χ3n) is 4.39. The van der Waals surface area contributed by atoms with Gasteiger partial charge in [0.1, 0.15) is 0 Å². The third-order valence-corrected chi connectivity index (χ3v) is 5.85. The lowest BCUT2D eigenvalue weighted by molar-refractivity contribution is 0.0606. The molecule has 8 heteroatoms. The molecule has 0 N–H and O–H groups in total. The minimum absolute atomic E-state index is 0.198. The molecule has 1 aliphatic heterocycles. The minimum atomic E-state index is -0.453. The van der Waals surface area contributed by atoms with Gasteiger partial charge in [-0.3, -0.25) is 4.90 Å². The highest BCUT2D eigenvalue weighted by atomic mass is 35.5. The number of nitriles is 1. The van der Waals surface area contributed by atoms with Gasteiger partial charge in [0.25, 0.3) is 0 Å². The van der Waals surface area contributed by atoms with Gasteiger partial charge in [-0.05, 0) is 24.6 Å². The van der Waals surface area contributed by atoms with Crippen LogP contribution < -0.4 is 4.90 Å². The summed E-state index contributed by atoms with van der Waals surface area (Å²) in [6.45, 7) is 5.55. The van der Waals surface area contributed by atoms with E-state index in [0.29, 0.717) is 10.4 Å². The molecule has 136 valence electrons. The third kappa shape index (κ3) is 3.98. The van der Waals surface area contributed by atoms with Crippen LogP contribution in [0.4, 0.5) is 5.13 Å². The lowest BCUT2D eigenvalue weighted by Gasteiger charge is -2.39. The summed E-state index contributed by atoms with van der Waals surface area (Å²) in [5.41, 5.74) is 1.86. The maximum atomic E-state index is 11.7. The quantitative estimate of drug-likeness (QED) is 0.747. The summed E-state index contributed by atoms with van der Waals surface area (Å²) in [7, 11) is 1.34. The number of thiazole rings is 1. The van der Waals surface area contributed by atoms with E-state index in [1.165, 1.54) is 24.0 Å². The van der Waals surface area contributed by atoms with Gasteiger partial charge < -0.3 is 9.64 Å². The number of piperazine rings is 1. The van der Waals surface area contributed by atoms with Crippen molar-refractivity contribution in [2.24, 2.45) is 0 Å². The summed E-state index contributed by atoms with van der Waals surface area (Å²) in [4.78, 5) is 21.0. The average molecular weight is 391 g/mol. The summed E-state index contributed by atoms with van der Waals surface area (Å²) < 4.78 is 4.74. The SMILES string of the molecule is COC(=O)c1sc(N2CCN(Cc3ccc(C#N)cc3)CC2C)nc1Cl. The number of hydrogen-bond donors (Lipinski definition) is 0. The predicted molar refractivity (Wildman–Crippen MR) is 102 cm³/mol. The summed E-state index contributed by atoms with van der Waals surface area (Å²) in [6.07, 6.45) is 0. The zero-order valence-electron chi connectivity index (χ0n) is 14.6. The maximum Gasteiger partial charge on any atom is 0.351 e. The van der Waals surface area contributed by atoms with Gasteiger partial charge >= 0.3 is 5.97 Å². The van der Waals surface area contributed by atoms with Gasteiger partial charge in [0.15, 0.2) is 15.2 Å². The van der Waals surface area contributed by atoms with Crippen LogP contribution >= 0.6 is 22.9 Å². The van der Waals surface area contributed by atoms with Crippen molar-refractivity contribution in [3.8, 4) is 6.07 Å². The smallest absolute Gasteiger partial charge is 0.351 e. The number of benzene rings is 1. The van der Waals surface area contributed by atoms with Gasteiger partial charge in [-0.25, -0.2) is 9.78 Å². The number of anilines is 1. The Morgan fingerprint density at radius 1 is 1.42 bits per heavy atom. The van der Waals surface area contributed by atoms with E-state index in [0.717, 1.165) is 31.3 Å². The monoisotopic (exact) mass is 390 g/mol. The molecular formula is C18H19ClN4O2S. The zero-order chi connectivity index (χ0) is 18.7. The topological polar surface area (TPSA) is 69.5 Å². The summed E-state index contributed by atoms with van der Waals surface area (Å²) in [5, 5.41) is 9.83. The number of halogens is 1. The fourth-order valence-corrected chi connectivity index (χ4v) is 4.36. The number of carbonyl (C=O) groups is 1. The van der Waals surface area contributed by atoms with Crippen molar-refractivity contribution in [2.75, 3.05) is 31.6 Å². The van der Waals surface area contributed by atoms with Crippen LogP contribution in [0.2, 0.25) is 5.15 Å². The van der Waals surface area contributed by atoms with Crippen molar-refractivity contribution < 1.29 is 9.53 Å². The zero-order valence-corrected chi connectivity index (χ0v) is 16.2. The van der Waals surface area contributed by atoms with Crippen LogP contribution in [0.5, 0.6) is 0 Å². The highest BCUT2D eigenvalue weighted by molar-refractivity contribution is 7.18. The second-order valence-corrected chi connectivity index (χ2v) is 7.53. The number of aromatic nitrogens is 1. The molecule has 1 saturated heterocycles. The highest BCUT2D eigenvalue weighted by Crippen LogP contribution is 2.32. The van der Waals surface area contributed by atoms with Gasteiger partial charge in [-0.15, -0.1) is 0 Å². The Kier molecular flexibility index (Phi) is 5.77. The lowest BCUT2D eigenvalue weighted by Crippen LogP contribution is -2.51. The number of nitrogens with zero attached hydrogens (tertiary/aromatic N) is 4. The van der Waals surface area contributed by atoms with Crippen molar-refractivity contribution in [1.29, 1.82) is 5.26 Å². The molecule has 0 radical (unpaired) electrons. The Morgan fingerprint density at radius 2 is 2.15 bits per heavy atom. The molecule has 1 aliphatic rings. The molecule has 1 unspecified atom stereocenters. The molecule has 3 rings (SSSR count). The highest BCUT2D eigenvalue weighted by Gasteiger charge is 2.28. The van der Waals surface area contributed by atoms with Crippen molar-refractivity contribution in [3.63, 3.8) is 0 Å². The molecule has 1 atom stereocenters. The number of carbonyl (C=O) groups excluding carboxylic acids is 1. The second kappa shape index (κ2) is 8.04. The first-order valence-electron chi connectivity index (χ1n) is 8.24. The van der Waals surface area contributed by atoms with E-state index in [9.17, 15) is 4.79 Å². The van der Waals surface area contributed by atoms with Crippen LogP contribution in [0.25, 0.3) is 0 Å².